The molecule has 4 atom stereocenters. The highest BCUT2D eigenvalue weighted by Crippen LogP contribution is 2.24. The number of aliphatic hydroxyl groups excluding tert-OH is 2. The van der Waals surface area contributed by atoms with Gasteiger partial charge in [0.15, 0.2) is 0 Å². The van der Waals surface area contributed by atoms with Crippen molar-refractivity contribution in [2.45, 2.75) is 96.6 Å². The highest BCUT2D eigenvalue weighted by Gasteiger charge is 2.37. The number of rotatable bonds is 14. The molecule has 1 saturated heterocycles. The Bertz CT molecular complexity index is 877. The van der Waals surface area contributed by atoms with E-state index in [1.165, 1.54) is 12.1 Å². The van der Waals surface area contributed by atoms with E-state index in [9.17, 15) is 19.1 Å². The normalized spacial score (nSPS) is 18.4. The molecule has 0 radical (unpaired) electrons. The molecule has 1 heterocycles. The van der Waals surface area contributed by atoms with Gasteiger partial charge in [-0.2, -0.15) is 0 Å². The van der Waals surface area contributed by atoms with Gasteiger partial charge in [-0.05, 0) is 61.6 Å². The van der Waals surface area contributed by atoms with Crippen LogP contribution in [0.4, 0.5) is 4.39 Å². The van der Waals surface area contributed by atoms with Crippen molar-refractivity contribution in [3.8, 4) is 5.75 Å². The lowest BCUT2D eigenvalue weighted by Gasteiger charge is -2.33. The van der Waals surface area contributed by atoms with Gasteiger partial charge in [0.2, 0.25) is 11.8 Å². The van der Waals surface area contributed by atoms with Crippen LogP contribution in [-0.4, -0.2) is 71.0 Å². The maximum Gasteiger partial charge on any atom is 0.245 e. The number of nitrogens with two attached hydrogens (primary N) is 2. The number of hydrogen-bond acceptors (Lipinski definition) is 7. The average molecular weight is 525 g/mol. The largest absolute Gasteiger partial charge is 0.492 e. The fourth-order valence-electron chi connectivity index (χ4n) is 4.32. The maximum absolute atomic E-state index is 14.0. The number of unbranched alkanes of at least 4 members (excludes halogenated alkanes) is 2. The summed E-state index contributed by atoms with van der Waals surface area (Å²) in [5.74, 6) is -0.310. The number of nitrogens with zero attached hydrogens (tertiary/aromatic N) is 1. The first kappa shape index (κ1) is 31.0. The van der Waals surface area contributed by atoms with Crippen molar-refractivity contribution in [3.05, 3.63) is 29.6 Å². The van der Waals surface area contributed by atoms with Crippen LogP contribution >= 0.6 is 0 Å². The number of aliphatic hydroxyl groups is 2. The molecule has 0 saturated carbocycles. The Balaban J connectivity index is 1.75. The molecule has 1 aromatic carbocycles. The minimum Gasteiger partial charge on any atom is -0.492 e. The zero-order valence-electron chi connectivity index (χ0n) is 22.4. The molecule has 9 nitrogen and oxygen atoms in total. The second kappa shape index (κ2) is 14.6. The predicted molar refractivity (Wildman–Crippen MR) is 140 cm³/mol. The van der Waals surface area contributed by atoms with Gasteiger partial charge in [0.1, 0.15) is 30.4 Å². The number of hydrogen-bond donors (Lipinski definition) is 5. The quantitative estimate of drug-likeness (QED) is 0.184. The smallest absolute Gasteiger partial charge is 0.245 e. The number of benzene rings is 1. The van der Waals surface area contributed by atoms with Crippen LogP contribution in [0.3, 0.4) is 0 Å². The molecule has 10 heteroatoms. The first-order chi connectivity index (χ1) is 17.3. The molecule has 1 aliphatic rings. The summed E-state index contributed by atoms with van der Waals surface area (Å²) in [5, 5.41) is 21.8. The highest BCUT2D eigenvalue weighted by atomic mass is 19.1. The Kier molecular flexibility index (Phi) is 12.2. The molecule has 37 heavy (non-hydrogen) atoms. The lowest BCUT2D eigenvalue weighted by molar-refractivity contribution is -0.138. The van der Waals surface area contributed by atoms with Crippen LogP contribution < -0.4 is 21.5 Å². The van der Waals surface area contributed by atoms with Gasteiger partial charge in [0, 0.05) is 31.6 Å². The second-order valence-electron chi connectivity index (χ2n) is 11.2. The molecule has 0 bridgehead atoms. The van der Waals surface area contributed by atoms with E-state index in [1.807, 2.05) is 20.8 Å². The molecule has 1 fully saturated rings. The monoisotopic (exact) mass is 524 g/mol. The number of halogens is 1. The van der Waals surface area contributed by atoms with Gasteiger partial charge in [0.05, 0.1) is 6.10 Å². The number of carbonyl (C=O) groups is 2. The summed E-state index contributed by atoms with van der Waals surface area (Å²) in [6.07, 6.45) is 3.15. The van der Waals surface area contributed by atoms with Gasteiger partial charge < -0.3 is 36.6 Å². The van der Waals surface area contributed by atoms with Gasteiger partial charge in [-0.1, -0.05) is 27.2 Å². The minimum atomic E-state index is -0.912. The van der Waals surface area contributed by atoms with Crippen molar-refractivity contribution in [3.63, 3.8) is 0 Å². The number of carbonyl (C=O) groups excluding carboxylic acids is 2. The Labute approximate surface area is 219 Å². The lowest BCUT2D eigenvalue weighted by Crippen LogP contribution is -2.54. The van der Waals surface area contributed by atoms with Gasteiger partial charge in [-0.3, -0.25) is 9.59 Å². The van der Waals surface area contributed by atoms with Gasteiger partial charge in [-0.15, -0.1) is 0 Å². The van der Waals surface area contributed by atoms with E-state index in [2.05, 4.69) is 5.32 Å². The van der Waals surface area contributed by atoms with Crippen molar-refractivity contribution in [2.75, 3.05) is 19.7 Å². The Morgan fingerprint density at radius 2 is 1.92 bits per heavy atom. The zero-order valence-corrected chi connectivity index (χ0v) is 22.4. The molecule has 1 unspecified atom stereocenters. The van der Waals surface area contributed by atoms with Crippen LogP contribution in [0.2, 0.25) is 0 Å². The molecule has 1 aromatic rings. The number of amides is 2. The molecule has 0 aliphatic carbocycles. The lowest BCUT2D eigenvalue weighted by atomic mass is 9.85. The molecule has 0 spiro atoms. The van der Waals surface area contributed by atoms with E-state index < -0.39 is 23.8 Å². The topological polar surface area (TPSA) is 151 Å². The molecule has 7 N–H and O–H groups in total. The number of β-amino-alcohol motifs (C(OH)–C–C–N with tert-alkyl or cyclic N) is 1. The van der Waals surface area contributed by atoms with E-state index in [-0.39, 0.29) is 30.3 Å². The molecular weight excluding hydrogens is 479 g/mol. The number of nitrogens with one attached hydrogen (secondary N) is 1. The van der Waals surface area contributed by atoms with Crippen molar-refractivity contribution >= 4 is 11.8 Å². The summed E-state index contributed by atoms with van der Waals surface area (Å²) >= 11 is 0. The van der Waals surface area contributed by atoms with Crippen LogP contribution in [0.5, 0.6) is 5.75 Å². The first-order valence-electron chi connectivity index (χ1n) is 13.2. The minimum absolute atomic E-state index is 0.153. The van der Waals surface area contributed by atoms with E-state index in [4.69, 9.17) is 21.3 Å². The van der Waals surface area contributed by atoms with Gasteiger partial charge in [0.25, 0.3) is 0 Å². The number of aryl methyl sites for hydroxylation is 1. The SMILES string of the molecule is CC(C)(C)[C@H](NC(=O)CCCCCc1cc(F)cc(OC[C@@H](N)CCC(N)O)c1)C(=O)N1CC[C@@H](O)C1. The van der Waals surface area contributed by atoms with Crippen LogP contribution in [0.25, 0.3) is 0 Å². The zero-order chi connectivity index (χ0) is 27.6. The summed E-state index contributed by atoms with van der Waals surface area (Å²) in [7, 11) is 0. The molecule has 2 rings (SSSR count). The predicted octanol–water partition coefficient (Wildman–Crippen LogP) is 1.82. The fraction of sp³-hybridized carbons (Fsp3) is 0.704. The van der Waals surface area contributed by atoms with Crippen LogP contribution in [-0.2, 0) is 16.0 Å². The van der Waals surface area contributed by atoms with Crippen molar-refractivity contribution < 1.29 is 28.9 Å². The third-order valence-corrected chi connectivity index (χ3v) is 6.49. The third-order valence-electron chi connectivity index (χ3n) is 6.49. The first-order valence-corrected chi connectivity index (χ1v) is 13.2. The maximum atomic E-state index is 14.0. The average Bonchev–Trinajstić information content (AvgIpc) is 3.24. The van der Waals surface area contributed by atoms with E-state index in [0.717, 1.165) is 18.4 Å². The Morgan fingerprint density at radius 1 is 1.19 bits per heavy atom. The summed E-state index contributed by atoms with van der Waals surface area (Å²) in [4.78, 5) is 27.2. The van der Waals surface area contributed by atoms with Gasteiger partial charge in [-0.25, -0.2) is 4.39 Å². The summed E-state index contributed by atoms with van der Waals surface area (Å²) < 4.78 is 19.7. The van der Waals surface area contributed by atoms with Crippen LogP contribution in [0.15, 0.2) is 18.2 Å². The van der Waals surface area contributed by atoms with Crippen molar-refractivity contribution in [2.24, 2.45) is 16.9 Å². The fourth-order valence-corrected chi connectivity index (χ4v) is 4.32. The Hall–Kier alpha value is -2.27. The summed E-state index contributed by atoms with van der Waals surface area (Å²) in [5.41, 5.74) is 11.6. The van der Waals surface area contributed by atoms with E-state index in [1.54, 1.807) is 11.0 Å². The number of ether oxygens (including phenoxy) is 1. The summed E-state index contributed by atoms with van der Waals surface area (Å²) in [6, 6.07) is 3.61. The molecule has 210 valence electrons. The van der Waals surface area contributed by atoms with E-state index >= 15 is 0 Å². The third kappa shape index (κ3) is 11.3. The van der Waals surface area contributed by atoms with Crippen LogP contribution in [0, 0.1) is 11.2 Å². The van der Waals surface area contributed by atoms with Gasteiger partial charge >= 0.3 is 0 Å². The highest BCUT2D eigenvalue weighted by molar-refractivity contribution is 5.88. The van der Waals surface area contributed by atoms with Crippen molar-refractivity contribution in [1.82, 2.24) is 10.2 Å². The molecule has 2 amide bonds. The van der Waals surface area contributed by atoms with Crippen molar-refractivity contribution in [1.29, 1.82) is 0 Å². The van der Waals surface area contributed by atoms with Crippen LogP contribution in [0.1, 0.15) is 71.3 Å². The molecule has 0 aromatic heterocycles. The van der Waals surface area contributed by atoms with E-state index in [0.29, 0.717) is 57.4 Å². The standard InChI is InChI=1S/C27H45FN4O5/c1-27(2,3)25(26(36)32-12-11-21(33)16-32)31-24(35)8-6-4-5-7-18-13-19(28)15-22(14-18)37-17-20(29)9-10-23(30)34/h13-15,20-21,23,25,33-34H,4-12,16-17,29-30H2,1-3H3,(H,31,35)/t20-,21+,23?,25+/m0/s1. The molecule has 1 aliphatic heterocycles. The number of likely N-dealkylation sites (tertiary alicyclic amines) is 1. The second-order valence-corrected chi connectivity index (χ2v) is 11.2. The molecular formula is C27H45FN4O5. The summed E-state index contributed by atoms with van der Waals surface area (Å²) in [6.45, 7) is 6.74. The Morgan fingerprint density at radius 3 is 2.54 bits per heavy atom.